The van der Waals surface area contributed by atoms with E-state index >= 15 is 0 Å². The maximum Gasteiger partial charge on any atom is 0.236 e. The van der Waals surface area contributed by atoms with Crippen LogP contribution in [0.3, 0.4) is 0 Å². The third kappa shape index (κ3) is 5.78. The maximum atomic E-state index is 12.8. The highest BCUT2D eigenvalue weighted by atomic mass is 32.2. The largest absolute Gasteiger partial charge is 0.301 e. The number of amides is 1. The molecule has 0 saturated carbocycles. The van der Waals surface area contributed by atoms with Crippen molar-refractivity contribution in [1.82, 2.24) is 9.97 Å². The second-order valence-corrected chi connectivity index (χ2v) is 10.1. The number of carbonyl (C=O) groups excluding carboxylic acids is 1. The molecule has 0 aliphatic carbocycles. The van der Waals surface area contributed by atoms with Crippen molar-refractivity contribution in [3.05, 3.63) is 108 Å². The Morgan fingerprint density at radius 3 is 2.22 bits per heavy atom. The standard InChI is InChI=1S/C30H22N4OS2/c1-20-12-14-23(15-13-20)26-16-24(21-8-4-2-5-9-21)25(17-31)29(32-26)36-19-28(35)34-30-33-27(18-37-30)22-10-6-3-7-11-22/h2-16,18H,19H2,1H3,(H,33,34,35). The Bertz CT molecular complexity index is 1570. The minimum absolute atomic E-state index is 0.105. The SMILES string of the molecule is Cc1ccc(-c2cc(-c3ccccc3)c(C#N)c(SCC(=O)Nc3nc(-c4ccccc4)cs3)n2)cc1. The molecular weight excluding hydrogens is 496 g/mol. The molecule has 0 bridgehead atoms. The molecule has 0 saturated heterocycles. The van der Waals surface area contributed by atoms with Crippen molar-refractivity contribution < 1.29 is 4.79 Å². The van der Waals surface area contributed by atoms with Gasteiger partial charge in [-0.2, -0.15) is 5.26 Å². The number of hydrogen-bond donors (Lipinski definition) is 1. The van der Waals surface area contributed by atoms with Gasteiger partial charge >= 0.3 is 0 Å². The first-order chi connectivity index (χ1) is 18.1. The van der Waals surface area contributed by atoms with Crippen LogP contribution in [0.2, 0.25) is 0 Å². The van der Waals surface area contributed by atoms with E-state index in [1.165, 1.54) is 23.1 Å². The molecule has 0 aliphatic heterocycles. The van der Waals surface area contributed by atoms with Crippen LogP contribution in [0.5, 0.6) is 0 Å². The normalized spacial score (nSPS) is 10.6. The highest BCUT2D eigenvalue weighted by Gasteiger charge is 2.17. The maximum absolute atomic E-state index is 12.8. The van der Waals surface area contributed by atoms with E-state index in [0.29, 0.717) is 15.7 Å². The van der Waals surface area contributed by atoms with E-state index in [2.05, 4.69) is 16.4 Å². The van der Waals surface area contributed by atoms with E-state index in [-0.39, 0.29) is 11.7 Å². The molecule has 0 spiro atoms. The average molecular weight is 519 g/mol. The van der Waals surface area contributed by atoms with Crippen molar-refractivity contribution in [3.63, 3.8) is 0 Å². The van der Waals surface area contributed by atoms with Crippen molar-refractivity contribution in [1.29, 1.82) is 5.26 Å². The quantitative estimate of drug-likeness (QED) is 0.226. The Labute approximate surface area is 223 Å². The predicted octanol–water partition coefficient (Wildman–Crippen LogP) is 7.45. The third-order valence-corrected chi connectivity index (χ3v) is 7.42. The molecule has 0 aliphatic rings. The number of nitrogens with zero attached hydrogens (tertiary/aromatic N) is 3. The monoisotopic (exact) mass is 518 g/mol. The summed E-state index contributed by atoms with van der Waals surface area (Å²) in [6, 6.07) is 32.0. The molecule has 0 unspecified atom stereocenters. The summed E-state index contributed by atoms with van der Waals surface area (Å²) >= 11 is 2.64. The number of hydrogen-bond acceptors (Lipinski definition) is 6. The molecule has 0 radical (unpaired) electrons. The fraction of sp³-hybridized carbons (Fsp3) is 0.0667. The lowest BCUT2D eigenvalue weighted by atomic mass is 9.99. The second kappa shape index (κ2) is 11.2. The van der Waals surface area contributed by atoms with Gasteiger partial charge in [0.1, 0.15) is 11.1 Å². The summed E-state index contributed by atoms with van der Waals surface area (Å²) in [6.45, 7) is 2.04. The first-order valence-corrected chi connectivity index (χ1v) is 13.5. The lowest BCUT2D eigenvalue weighted by molar-refractivity contribution is -0.113. The van der Waals surface area contributed by atoms with Crippen molar-refractivity contribution >= 4 is 34.1 Å². The van der Waals surface area contributed by atoms with Gasteiger partial charge in [-0.25, -0.2) is 9.97 Å². The van der Waals surface area contributed by atoms with E-state index in [9.17, 15) is 10.1 Å². The number of nitriles is 1. The van der Waals surface area contributed by atoms with E-state index < -0.39 is 0 Å². The average Bonchev–Trinajstić information content (AvgIpc) is 3.41. The number of carbonyl (C=O) groups is 1. The Morgan fingerprint density at radius 2 is 1.54 bits per heavy atom. The molecular formula is C30H22N4OS2. The van der Waals surface area contributed by atoms with Gasteiger partial charge in [-0.3, -0.25) is 4.79 Å². The summed E-state index contributed by atoms with van der Waals surface area (Å²) < 4.78 is 0. The number of anilines is 1. The Kier molecular flexibility index (Phi) is 7.41. The van der Waals surface area contributed by atoms with Gasteiger partial charge in [0.2, 0.25) is 5.91 Å². The smallest absolute Gasteiger partial charge is 0.236 e. The van der Waals surface area contributed by atoms with Crippen molar-refractivity contribution in [3.8, 4) is 39.7 Å². The zero-order chi connectivity index (χ0) is 25.6. The summed E-state index contributed by atoms with van der Waals surface area (Å²) in [7, 11) is 0. The number of thioether (sulfide) groups is 1. The highest BCUT2D eigenvalue weighted by molar-refractivity contribution is 8.00. The van der Waals surface area contributed by atoms with Gasteiger partial charge < -0.3 is 5.32 Å². The van der Waals surface area contributed by atoms with Gasteiger partial charge in [-0.1, -0.05) is 102 Å². The summed E-state index contributed by atoms with van der Waals surface area (Å²) in [5.41, 5.74) is 6.87. The molecule has 1 N–H and O–H groups in total. The summed E-state index contributed by atoms with van der Waals surface area (Å²) in [4.78, 5) is 22.1. The van der Waals surface area contributed by atoms with E-state index in [0.717, 1.165) is 39.2 Å². The van der Waals surface area contributed by atoms with Crippen LogP contribution in [-0.4, -0.2) is 21.6 Å². The molecule has 180 valence electrons. The molecule has 5 rings (SSSR count). The number of benzene rings is 3. The van der Waals surface area contributed by atoms with Crippen LogP contribution in [-0.2, 0) is 4.79 Å². The molecule has 2 aromatic heterocycles. The first kappa shape index (κ1) is 24.4. The molecule has 5 aromatic rings. The molecule has 7 heteroatoms. The van der Waals surface area contributed by atoms with Crippen molar-refractivity contribution in [2.75, 3.05) is 11.1 Å². The molecule has 3 aromatic carbocycles. The fourth-order valence-electron chi connectivity index (χ4n) is 3.81. The van der Waals surface area contributed by atoms with Crippen LogP contribution in [0, 0.1) is 18.3 Å². The lowest BCUT2D eigenvalue weighted by Gasteiger charge is -2.12. The van der Waals surface area contributed by atoms with Gasteiger partial charge in [-0.15, -0.1) is 11.3 Å². The Morgan fingerprint density at radius 1 is 0.892 bits per heavy atom. The lowest BCUT2D eigenvalue weighted by Crippen LogP contribution is -2.14. The van der Waals surface area contributed by atoms with Gasteiger partial charge in [0.05, 0.1) is 22.7 Å². The molecule has 0 atom stereocenters. The number of aromatic nitrogens is 2. The molecule has 5 nitrogen and oxygen atoms in total. The fourth-order valence-corrected chi connectivity index (χ4v) is 5.35. The summed E-state index contributed by atoms with van der Waals surface area (Å²) in [6.07, 6.45) is 0. The zero-order valence-corrected chi connectivity index (χ0v) is 21.6. The van der Waals surface area contributed by atoms with Crippen molar-refractivity contribution in [2.24, 2.45) is 0 Å². The molecule has 37 heavy (non-hydrogen) atoms. The van der Waals surface area contributed by atoms with E-state index in [1.807, 2.05) is 103 Å². The number of aryl methyl sites for hydroxylation is 1. The van der Waals surface area contributed by atoms with Crippen LogP contribution >= 0.6 is 23.1 Å². The van der Waals surface area contributed by atoms with Gasteiger partial charge in [0.25, 0.3) is 0 Å². The number of pyridine rings is 1. The van der Waals surface area contributed by atoms with Crippen molar-refractivity contribution in [2.45, 2.75) is 11.9 Å². The second-order valence-electron chi connectivity index (χ2n) is 8.32. The summed E-state index contributed by atoms with van der Waals surface area (Å²) in [5, 5.41) is 15.9. The van der Waals surface area contributed by atoms with Gasteiger partial charge in [0, 0.05) is 22.1 Å². The minimum atomic E-state index is -0.202. The predicted molar refractivity (Wildman–Crippen MR) is 151 cm³/mol. The zero-order valence-electron chi connectivity index (χ0n) is 20.0. The topological polar surface area (TPSA) is 78.7 Å². The number of rotatable bonds is 7. The third-order valence-electron chi connectivity index (χ3n) is 5.69. The Hall–Kier alpha value is -4.25. The molecule has 1 amide bonds. The highest BCUT2D eigenvalue weighted by Crippen LogP contribution is 2.34. The van der Waals surface area contributed by atoms with E-state index in [4.69, 9.17) is 4.98 Å². The minimum Gasteiger partial charge on any atom is -0.301 e. The van der Waals surface area contributed by atoms with E-state index in [1.54, 1.807) is 0 Å². The molecule has 2 heterocycles. The van der Waals surface area contributed by atoms with Crippen LogP contribution in [0.15, 0.2) is 101 Å². The number of nitrogens with one attached hydrogen (secondary N) is 1. The number of thiazole rings is 1. The van der Waals surface area contributed by atoms with Crippen LogP contribution < -0.4 is 5.32 Å². The molecule has 0 fully saturated rings. The summed E-state index contributed by atoms with van der Waals surface area (Å²) in [5.74, 6) is -0.0975. The van der Waals surface area contributed by atoms with Crippen LogP contribution in [0.1, 0.15) is 11.1 Å². The van der Waals surface area contributed by atoms with Gasteiger partial charge in [0.15, 0.2) is 5.13 Å². The van der Waals surface area contributed by atoms with Crippen LogP contribution in [0.4, 0.5) is 5.13 Å². The first-order valence-electron chi connectivity index (χ1n) is 11.6. The van der Waals surface area contributed by atoms with Crippen LogP contribution in [0.25, 0.3) is 33.6 Å². The Balaban J connectivity index is 1.40. The van der Waals surface area contributed by atoms with Gasteiger partial charge in [-0.05, 0) is 18.6 Å².